The smallest absolute Gasteiger partial charge is 0.308 e. The van der Waals surface area contributed by atoms with E-state index in [4.69, 9.17) is 0 Å². The van der Waals surface area contributed by atoms with Crippen LogP contribution in [0, 0.1) is 5.82 Å². The van der Waals surface area contributed by atoms with Gasteiger partial charge in [0.15, 0.2) is 5.82 Å². The van der Waals surface area contributed by atoms with E-state index in [0.717, 1.165) is 17.2 Å². The van der Waals surface area contributed by atoms with E-state index in [1.807, 2.05) is 0 Å². The van der Waals surface area contributed by atoms with Gasteiger partial charge in [-0.25, -0.2) is 23.7 Å². The second kappa shape index (κ2) is 6.69. The summed E-state index contributed by atoms with van der Waals surface area (Å²) >= 11 is 0. The average Bonchev–Trinajstić information content (AvgIpc) is 3.29. The number of aromatic nitrogens is 6. The molecular formula is C16H13F4N7O. The zero-order valence-electron chi connectivity index (χ0n) is 14.3. The summed E-state index contributed by atoms with van der Waals surface area (Å²) in [5, 5.41) is 7.53. The van der Waals surface area contributed by atoms with Crippen LogP contribution in [-0.2, 0) is 23.9 Å². The van der Waals surface area contributed by atoms with Gasteiger partial charge in [-0.1, -0.05) is 0 Å². The third kappa shape index (κ3) is 3.32. The maximum atomic E-state index is 13.1. The Kier molecular flexibility index (Phi) is 4.32. The van der Waals surface area contributed by atoms with Gasteiger partial charge in [0, 0.05) is 6.54 Å². The minimum atomic E-state index is -4.67. The lowest BCUT2D eigenvalue weighted by molar-refractivity contribution is -0.145. The van der Waals surface area contributed by atoms with Crippen LogP contribution in [0.15, 0.2) is 30.9 Å². The van der Waals surface area contributed by atoms with E-state index in [2.05, 4.69) is 20.2 Å². The predicted molar refractivity (Wildman–Crippen MR) is 87.0 cm³/mol. The summed E-state index contributed by atoms with van der Waals surface area (Å²) in [6, 6.07) is 2.72. The first-order valence-electron chi connectivity index (χ1n) is 8.29. The van der Waals surface area contributed by atoms with Crippen molar-refractivity contribution in [1.29, 1.82) is 0 Å². The summed E-state index contributed by atoms with van der Waals surface area (Å²) in [6.45, 7) is 0.0116. The molecule has 1 amide bonds. The molecule has 4 heterocycles. The highest BCUT2D eigenvalue weighted by molar-refractivity contribution is 5.94. The van der Waals surface area contributed by atoms with Gasteiger partial charge >= 0.3 is 6.18 Å². The largest absolute Gasteiger partial charge is 0.453 e. The van der Waals surface area contributed by atoms with Crippen LogP contribution in [0.4, 0.5) is 23.2 Å². The number of hydrogen-bond acceptors (Lipinski definition) is 5. The summed E-state index contributed by atoms with van der Waals surface area (Å²) < 4.78 is 53.3. The molecule has 0 bridgehead atoms. The Morgan fingerprint density at radius 2 is 2.00 bits per heavy atom. The number of pyridine rings is 1. The van der Waals surface area contributed by atoms with Crippen LogP contribution < -0.4 is 4.90 Å². The third-order valence-corrected chi connectivity index (χ3v) is 4.25. The number of nitrogens with zero attached hydrogens (tertiary/aromatic N) is 7. The van der Waals surface area contributed by atoms with E-state index < -0.39 is 23.7 Å². The number of fused-ring (bicyclic) bond motifs is 1. The van der Waals surface area contributed by atoms with Crippen molar-refractivity contribution in [1.82, 2.24) is 29.5 Å². The molecule has 0 atom stereocenters. The molecule has 12 heteroatoms. The monoisotopic (exact) mass is 395 g/mol. The van der Waals surface area contributed by atoms with Crippen molar-refractivity contribution in [2.45, 2.75) is 25.6 Å². The number of alkyl halides is 3. The minimum absolute atomic E-state index is 0.386. The van der Waals surface area contributed by atoms with Crippen molar-refractivity contribution in [3.05, 3.63) is 48.2 Å². The van der Waals surface area contributed by atoms with Gasteiger partial charge < -0.3 is 4.90 Å². The lowest BCUT2D eigenvalue weighted by Crippen LogP contribution is -2.37. The summed E-state index contributed by atoms with van der Waals surface area (Å²) in [7, 11) is 0. The Morgan fingerprint density at radius 3 is 2.68 bits per heavy atom. The molecule has 0 radical (unpaired) electrons. The molecule has 4 rings (SSSR count). The van der Waals surface area contributed by atoms with Crippen molar-refractivity contribution < 1.29 is 22.4 Å². The van der Waals surface area contributed by atoms with E-state index in [9.17, 15) is 22.4 Å². The molecule has 0 aromatic carbocycles. The van der Waals surface area contributed by atoms with Crippen LogP contribution in [0.25, 0.3) is 5.82 Å². The Morgan fingerprint density at radius 1 is 1.18 bits per heavy atom. The van der Waals surface area contributed by atoms with Crippen LogP contribution in [0.1, 0.15) is 17.9 Å². The van der Waals surface area contributed by atoms with E-state index in [0.29, 0.717) is 36.6 Å². The molecule has 3 aromatic heterocycles. The van der Waals surface area contributed by atoms with Crippen molar-refractivity contribution in [2.24, 2.45) is 0 Å². The second-order valence-electron chi connectivity index (χ2n) is 6.14. The normalized spacial score (nSPS) is 14.2. The number of anilines is 1. The fraction of sp³-hybridized carbons (Fsp3) is 0.312. The van der Waals surface area contributed by atoms with Gasteiger partial charge in [0.25, 0.3) is 5.82 Å². The van der Waals surface area contributed by atoms with E-state index in [1.165, 1.54) is 27.9 Å². The van der Waals surface area contributed by atoms with Crippen molar-refractivity contribution in [2.75, 3.05) is 11.4 Å². The fourth-order valence-electron chi connectivity index (χ4n) is 3.02. The molecule has 0 spiro atoms. The van der Waals surface area contributed by atoms with Crippen LogP contribution >= 0.6 is 0 Å². The Balaban J connectivity index is 1.57. The molecule has 0 fully saturated rings. The SMILES string of the molecule is O=C(Cn1cnc(C(F)(F)F)n1)N1CCCc2c1cnn2-c1ccc(F)cn1. The van der Waals surface area contributed by atoms with Crippen LogP contribution in [-0.4, -0.2) is 42.0 Å². The van der Waals surface area contributed by atoms with E-state index in [1.54, 1.807) is 0 Å². The van der Waals surface area contributed by atoms with Crippen molar-refractivity contribution >= 4 is 11.6 Å². The first-order chi connectivity index (χ1) is 13.3. The quantitative estimate of drug-likeness (QED) is 0.634. The number of carbonyl (C=O) groups is 1. The van der Waals surface area contributed by atoms with Crippen LogP contribution in [0.5, 0.6) is 0 Å². The number of rotatable bonds is 3. The Bertz CT molecular complexity index is 1010. The second-order valence-corrected chi connectivity index (χ2v) is 6.14. The Labute approximate surface area is 155 Å². The molecule has 3 aromatic rings. The van der Waals surface area contributed by atoms with E-state index >= 15 is 0 Å². The van der Waals surface area contributed by atoms with Gasteiger partial charge in [0.1, 0.15) is 18.7 Å². The van der Waals surface area contributed by atoms with Gasteiger partial charge in [0.2, 0.25) is 5.91 Å². The summed E-state index contributed by atoms with van der Waals surface area (Å²) in [4.78, 5) is 21.2. The standard InChI is InChI=1S/C16H13F4N7O/c17-10-3-4-13(21-6-10)27-11-2-1-5-26(12(11)7-23-27)14(28)8-25-9-22-15(24-25)16(18,19)20/h3-4,6-7,9H,1-2,5,8H2. The van der Waals surface area contributed by atoms with Gasteiger partial charge in [-0.2, -0.15) is 18.3 Å². The summed E-state index contributed by atoms with van der Waals surface area (Å²) in [5.74, 6) is -1.81. The topological polar surface area (TPSA) is 81.7 Å². The lowest BCUT2D eigenvalue weighted by atomic mass is 10.1. The zero-order chi connectivity index (χ0) is 19.9. The molecule has 1 aliphatic rings. The molecular weight excluding hydrogens is 382 g/mol. The fourth-order valence-corrected chi connectivity index (χ4v) is 3.02. The van der Waals surface area contributed by atoms with Gasteiger partial charge in [-0.15, -0.1) is 5.10 Å². The van der Waals surface area contributed by atoms with Crippen molar-refractivity contribution in [3.63, 3.8) is 0 Å². The maximum Gasteiger partial charge on any atom is 0.453 e. The minimum Gasteiger partial charge on any atom is -0.308 e. The highest BCUT2D eigenvalue weighted by atomic mass is 19.4. The molecule has 0 aliphatic carbocycles. The first kappa shape index (κ1) is 18.1. The highest BCUT2D eigenvalue weighted by Crippen LogP contribution is 2.29. The van der Waals surface area contributed by atoms with Gasteiger partial charge in [0.05, 0.1) is 23.8 Å². The van der Waals surface area contributed by atoms with Crippen LogP contribution in [0.2, 0.25) is 0 Å². The zero-order valence-corrected chi connectivity index (χ0v) is 14.3. The molecule has 8 nitrogen and oxygen atoms in total. The lowest BCUT2D eigenvalue weighted by Gasteiger charge is -2.27. The number of hydrogen-bond donors (Lipinski definition) is 0. The molecule has 146 valence electrons. The summed E-state index contributed by atoms with van der Waals surface area (Å²) in [5.41, 5.74) is 1.26. The highest BCUT2D eigenvalue weighted by Gasteiger charge is 2.36. The average molecular weight is 395 g/mol. The molecule has 28 heavy (non-hydrogen) atoms. The van der Waals surface area contributed by atoms with Gasteiger partial charge in [-0.3, -0.25) is 4.79 Å². The predicted octanol–water partition coefficient (Wildman–Crippen LogP) is 2.00. The Hall–Kier alpha value is -3.31. The van der Waals surface area contributed by atoms with Gasteiger partial charge in [-0.05, 0) is 25.0 Å². The van der Waals surface area contributed by atoms with Crippen molar-refractivity contribution in [3.8, 4) is 5.82 Å². The molecule has 0 saturated heterocycles. The molecule has 0 saturated carbocycles. The summed E-state index contributed by atoms with van der Waals surface area (Å²) in [6.07, 6.45) is 0.0157. The van der Waals surface area contributed by atoms with E-state index in [-0.39, 0.29) is 6.54 Å². The number of carbonyl (C=O) groups excluding carboxylic acids is 1. The van der Waals surface area contributed by atoms with Crippen LogP contribution in [0.3, 0.4) is 0 Å². The molecule has 1 aliphatic heterocycles. The first-order valence-corrected chi connectivity index (χ1v) is 8.29. The molecule has 0 unspecified atom stereocenters. The maximum absolute atomic E-state index is 13.1. The molecule has 0 N–H and O–H groups in total. The number of halogens is 4. The number of amides is 1. The third-order valence-electron chi connectivity index (χ3n) is 4.25.